The highest BCUT2D eigenvalue weighted by atomic mass is 32.1. The van der Waals surface area contributed by atoms with Crippen LogP contribution in [0.1, 0.15) is 11.1 Å². The van der Waals surface area contributed by atoms with E-state index in [0.717, 1.165) is 22.5 Å². The zero-order chi connectivity index (χ0) is 23.9. The quantitative estimate of drug-likeness (QED) is 0.473. The van der Waals surface area contributed by atoms with Gasteiger partial charge in [-0.1, -0.05) is 60.7 Å². The van der Waals surface area contributed by atoms with Crippen molar-refractivity contribution in [3.8, 4) is 17.5 Å². The molecule has 4 rings (SSSR count). The number of carbonyl (C=O) groups is 1. The van der Waals surface area contributed by atoms with E-state index in [-0.39, 0.29) is 22.3 Å². The van der Waals surface area contributed by atoms with Gasteiger partial charge in [0.15, 0.2) is 5.57 Å². The Morgan fingerprint density at radius 2 is 1.68 bits per heavy atom. The van der Waals surface area contributed by atoms with Crippen LogP contribution in [0.15, 0.2) is 89.7 Å². The summed E-state index contributed by atoms with van der Waals surface area (Å²) in [6, 6.07) is 27.7. The molecule has 0 spiro atoms. The van der Waals surface area contributed by atoms with Gasteiger partial charge in [0, 0.05) is 6.54 Å². The van der Waals surface area contributed by atoms with E-state index in [2.05, 4.69) is 5.32 Å². The molecule has 1 aromatic heterocycles. The normalized spacial score (nSPS) is 12.1. The van der Waals surface area contributed by atoms with Crippen molar-refractivity contribution < 1.29 is 9.53 Å². The molecule has 0 aliphatic rings. The Morgan fingerprint density at radius 1 is 1.03 bits per heavy atom. The summed E-state index contributed by atoms with van der Waals surface area (Å²) in [7, 11) is 1.59. The average Bonchev–Trinajstić information content (AvgIpc) is 3.20. The maximum Gasteiger partial charge on any atom is 0.273 e. The molecule has 0 aliphatic carbocycles. The van der Waals surface area contributed by atoms with Crippen LogP contribution in [0.5, 0.6) is 5.75 Å². The molecule has 0 radical (unpaired) electrons. The molecular weight excluding hydrogens is 446 g/mol. The van der Waals surface area contributed by atoms with Crippen LogP contribution in [0, 0.1) is 11.3 Å². The maximum absolute atomic E-state index is 13.4. The first-order chi connectivity index (χ1) is 16.6. The lowest BCUT2D eigenvalue weighted by Crippen LogP contribution is -2.33. The van der Waals surface area contributed by atoms with Crippen molar-refractivity contribution in [3.05, 3.63) is 116 Å². The largest absolute Gasteiger partial charge is 0.497 e. The Labute approximate surface area is 200 Å². The molecule has 1 N–H and O–H groups in total. The minimum atomic E-state index is -0.534. The van der Waals surface area contributed by atoms with Crippen LogP contribution in [-0.4, -0.2) is 17.6 Å². The van der Waals surface area contributed by atoms with E-state index in [1.807, 2.05) is 54.6 Å². The van der Waals surface area contributed by atoms with Crippen LogP contribution in [0.3, 0.4) is 0 Å². The fraction of sp³-hybridized carbons (Fsp3) is 0.0741. The molecule has 0 fully saturated rings. The van der Waals surface area contributed by atoms with E-state index >= 15 is 0 Å². The first kappa shape index (κ1) is 22.8. The van der Waals surface area contributed by atoms with Crippen LogP contribution < -0.4 is 24.8 Å². The number of hydrogen-bond acceptors (Lipinski definition) is 5. The van der Waals surface area contributed by atoms with Crippen LogP contribution in [0.25, 0.3) is 17.3 Å². The van der Waals surface area contributed by atoms with Gasteiger partial charge < -0.3 is 10.1 Å². The topological polar surface area (TPSA) is 84.1 Å². The van der Waals surface area contributed by atoms with Gasteiger partial charge in [0.2, 0.25) is 0 Å². The third-order valence-corrected chi connectivity index (χ3v) is 6.19. The highest BCUT2D eigenvalue weighted by molar-refractivity contribution is 7.07. The van der Waals surface area contributed by atoms with Gasteiger partial charge in [-0.3, -0.25) is 14.2 Å². The number of rotatable bonds is 6. The molecule has 6 nitrogen and oxygen atoms in total. The lowest BCUT2D eigenvalue weighted by atomic mass is 10.2. The lowest BCUT2D eigenvalue weighted by Gasteiger charge is -2.06. The molecule has 0 aliphatic heterocycles. The van der Waals surface area contributed by atoms with E-state index in [1.54, 1.807) is 49.6 Å². The number of nitrogens with one attached hydrogen (secondary N) is 1. The van der Waals surface area contributed by atoms with Crippen LogP contribution in [0.4, 0.5) is 0 Å². The van der Waals surface area contributed by atoms with Gasteiger partial charge in [0.25, 0.3) is 11.5 Å². The highest BCUT2D eigenvalue weighted by Gasteiger charge is 2.16. The summed E-state index contributed by atoms with van der Waals surface area (Å²) in [6.07, 6.45) is 1.74. The number of methoxy groups -OCH3 is 1. The standard InChI is InChI=1S/C27H21N3O3S/c1-33-22-14-12-19(13-15-22)16-24-26(32)30(21-10-6-3-7-11-21)27(34-24)23(17-28)25(31)29-18-20-8-4-2-5-9-20/h2-16H,18H2,1H3,(H,29,31)/b24-16+,27-23-. The summed E-state index contributed by atoms with van der Waals surface area (Å²) in [5.41, 5.74) is 1.88. The highest BCUT2D eigenvalue weighted by Crippen LogP contribution is 2.11. The van der Waals surface area contributed by atoms with Crippen molar-refractivity contribution in [3.63, 3.8) is 0 Å². The van der Waals surface area contributed by atoms with Crippen LogP contribution in [0.2, 0.25) is 0 Å². The van der Waals surface area contributed by atoms with Crippen molar-refractivity contribution in [2.24, 2.45) is 0 Å². The third-order valence-electron chi connectivity index (χ3n) is 5.10. The number of amides is 1. The van der Waals surface area contributed by atoms with E-state index in [4.69, 9.17) is 4.74 Å². The van der Waals surface area contributed by atoms with E-state index < -0.39 is 5.91 Å². The molecule has 0 saturated heterocycles. The van der Waals surface area contributed by atoms with Gasteiger partial charge in [-0.05, 0) is 41.5 Å². The first-order valence-corrected chi connectivity index (χ1v) is 11.3. The Kier molecular flexibility index (Phi) is 7.01. The van der Waals surface area contributed by atoms with Crippen molar-refractivity contribution in [2.45, 2.75) is 6.54 Å². The number of carbonyl (C=O) groups excluding carboxylic acids is 1. The van der Waals surface area contributed by atoms with Crippen LogP contribution >= 0.6 is 11.3 Å². The molecular formula is C27H21N3O3S. The van der Waals surface area contributed by atoms with Gasteiger partial charge in [-0.15, -0.1) is 11.3 Å². The molecule has 0 atom stereocenters. The number of ether oxygens (including phenoxy) is 1. The summed E-state index contributed by atoms with van der Waals surface area (Å²) in [4.78, 5) is 26.4. The summed E-state index contributed by atoms with van der Waals surface area (Å²) in [6.45, 7) is 0.274. The molecule has 0 bridgehead atoms. The fourth-order valence-electron chi connectivity index (χ4n) is 3.38. The summed E-state index contributed by atoms with van der Waals surface area (Å²) in [5, 5.41) is 12.7. The van der Waals surface area contributed by atoms with Crippen molar-refractivity contribution >= 4 is 28.9 Å². The number of nitriles is 1. The molecule has 4 aromatic rings. The second-order valence-electron chi connectivity index (χ2n) is 7.32. The molecule has 1 heterocycles. The number of nitrogens with zero attached hydrogens (tertiary/aromatic N) is 2. The van der Waals surface area contributed by atoms with Crippen molar-refractivity contribution in [2.75, 3.05) is 7.11 Å². The third kappa shape index (κ3) is 4.98. The number of benzene rings is 3. The number of hydrogen-bond donors (Lipinski definition) is 1. The molecule has 1 amide bonds. The first-order valence-electron chi connectivity index (χ1n) is 10.5. The lowest BCUT2D eigenvalue weighted by molar-refractivity contribution is -0.115. The monoisotopic (exact) mass is 467 g/mol. The maximum atomic E-state index is 13.4. The molecule has 168 valence electrons. The van der Waals surface area contributed by atoms with E-state index in [9.17, 15) is 14.9 Å². The zero-order valence-electron chi connectivity index (χ0n) is 18.4. The van der Waals surface area contributed by atoms with Gasteiger partial charge in [0.05, 0.1) is 17.3 Å². The molecule has 0 saturated carbocycles. The minimum absolute atomic E-state index is 0.115. The molecule has 7 heteroatoms. The van der Waals surface area contributed by atoms with Gasteiger partial charge >= 0.3 is 0 Å². The number of para-hydroxylation sites is 1. The molecule has 34 heavy (non-hydrogen) atoms. The summed E-state index contributed by atoms with van der Waals surface area (Å²) in [5.74, 6) is 0.175. The number of aromatic nitrogens is 1. The predicted molar refractivity (Wildman–Crippen MR) is 133 cm³/mol. The van der Waals surface area contributed by atoms with Crippen LogP contribution in [-0.2, 0) is 11.3 Å². The van der Waals surface area contributed by atoms with Crippen molar-refractivity contribution in [1.29, 1.82) is 5.26 Å². The van der Waals surface area contributed by atoms with Gasteiger partial charge in [0.1, 0.15) is 16.5 Å². The average molecular weight is 468 g/mol. The Bertz CT molecular complexity index is 1510. The number of thiazole rings is 1. The molecule has 0 unspecified atom stereocenters. The second kappa shape index (κ2) is 10.5. The Balaban J connectivity index is 1.85. The van der Waals surface area contributed by atoms with Gasteiger partial charge in [-0.25, -0.2) is 0 Å². The second-order valence-corrected chi connectivity index (χ2v) is 8.35. The smallest absolute Gasteiger partial charge is 0.273 e. The molecule has 3 aromatic carbocycles. The minimum Gasteiger partial charge on any atom is -0.497 e. The zero-order valence-corrected chi connectivity index (χ0v) is 19.2. The Morgan fingerprint density at radius 3 is 2.29 bits per heavy atom. The summed E-state index contributed by atoms with van der Waals surface area (Å²) >= 11 is 1.11. The predicted octanol–water partition coefficient (Wildman–Crippen LogP) is 2.73. The van der Waals surface area contributed by atoms with Crippen molar-refractivity contribution in [1.82, 2.24) is 9.88 Å². The van der Waals surface area contributed by atoms with E-state index in [0.29, 0.717) is 16.0 Å². The SMILES string of the molecule is COc1ccc(/C=c2/s/c(=C(/C#N)C(=O)NCc3ccccc3)n(-c3ccccc3)c2=O)cc1. The fourth-order valence-corrected chi connectivity index (χ4v) is 4.48. The van der Waals surface area contributed by atoms with Gasteiger partial charge in [-0.2, -0.15) is 5.26 Å². The summed E-state index contributed by atoms with van der Waals surface area (Å²) < 4.78 is 7.30. The van der Waals surface area contributed by atoms with E-state index in [1.165, 1.54) is 4.57 Å². The Hall–Kier alpha value is -4.41.